The van der Waals surface area contributed by atoms with Gasteiger partial charge < -0.3 is 25.0 Å². The molecule has 1 atom stereocenters. The molecule has 1 aromatic rings. The van der Waals surface area contributed by atoms with Gasteiger partial charge in [0.2, 0.25) is 5.91 Å². The number of guanidine groups is 1. The zero-order chi connectivity index (χ0) is 22.2. The highest BCUT2D eigenvalue weighted by atomic mass is 127. The first-order valence-corrected chi connectivity index (χ1v) is 11.7. The van der Waals surface area contributed by atoms with Crippen LogP contribution < -0.4 is 20.1 Å². The molecule has 1 saturated carbocycles. The highest BCUT2D eigenvalue weighted by Gasteiger charge is 2.28. The minimum absolute atomic E-state index is 0. The van der Waals surface area contributed by atoms with Gasteiger partial charge in [-0.15, -0.1) is 24.0 Å². The molecule has 8 heteroatoms. The van der Waals surface area contributed by atoms with E-state index in [1.165, 1.54) is 12.8 Å². The molecule has 32 heavy (non-hydrogen) atoms. The first-order chi connectivity index (χ1) is 15.0. The maximum Gasteiger partial charge on any atom is 0.225 e. The Balaban J connectivity index is 0.00000363. The van der Waals surface area contributed by atoms with Gasteiger partial charge in [0.25, 0.3) is 0 Å². The van der Waals surface area contributed by atoms with E-state index in [1.807, 2.05) is 36.9 Å². The lowest BCUT2D eigenvalue weighted by Crippen LogP contribution is -2.45. The molecule has 0 spiro atoms. The molecule has 1 aliphatic heterocycles. The number of hydrogen-bond acceptors (Lipinski definition) is 4. The number of ether oxygens (including phenoxy) is 2. The predicted molar refractivity (Wildman–Crippen MR) is 139 cm³/mol. The molecule has 0 aromatic heterocycles. The monoisotopic (exact) mass is 558 g/mol. The number of rotatable bonds is 8. The molecule has 2 fully saturated rings. The second-order valence-corrected chi connectivity index (χ2v) is 8.77. The smallest absolute Gasteiger partial charge is 0.225 e. The Morgan fingerprint density at radius 1 is 1.22 bits per heavy atom. The van der Waals surface area contributed by atoms with E-state index < -0.39 is 0 Å². The number of amides is 1. The summed E-state index contributed by atoms with van der Waals surface area (Å²) in [5.74, 6) is 2.61. The van der Waals surface area contributed by atoms with Crippen molar-refractivity contribution < 1.29 is 14.3 Å². The van der Waals surface area contributed by atoms with Crippen LogP contribution in [0.3, 0.4) is 0 Å². The Morgan fingerprint density at radius 2 is 1.97 bits per heavy atom. The van der Waals surface area contributed by atoms with Crippen LogP contribution in [0.25, 0.3) is 0 Å². The van der Waals surface area contributed by atoms with E-state index in [0.717, 1.165) is 61.9 Å². The van der Waals surface area contributed by atoms with Crippen molar-refractivity contribution in [1.82, 2.24) is 15.5 Å². The summed E-state index contributed by atoms with van der Waals surface area (Å²) in [5, 5.41) is 6.82. The molecule has 2 aliphatic rings. The SMILES string of the molecule is CCNC(=NCc1ccc(OC)c(OC2CCCC2)c1)NC1CCN(C(=O)C(C)C)C1.I. The van der Waals surface area contributed by atoms with Crippen molar-refractivity contribution in [1.29, 1.82) is 0 Å². The van der Waals surface area contributed by atoms with Crippen LogP contribution in [-0.2, 0) is 11.3 Å². The van der Waals surface area contributed by atoms with Crippen LogP contribution in [0.4, 0.5) is 0 Å². The fourth-order valence-electron chi connectivity index (χ4n) is 4.22. The third kappa shape index (κ3) is 7.42. The van der Waals surface area contributed by atoms with Crippen LogP contribution in [0.5, 0.6) is 11.5 Å². The first-order valence-electron chi connectivity index (χ1n) is 11.7. The van der Waals surface area contributed by atoms with Crippen LogP contribution in [-0.4, -0.2) is 55.7 Å². The Kier molecular flexibility index (Phi) is 10.9. The quantitative estimate of drug-likeness (QED) is 0.287. The van der Waals surface area contributed by atoms with E-state index in [9.17, 15) is 4.79 Å². The lowest BCUT2D eigenvalue weighted by molar-refractivity contribution is -0.133. The van der Waals surface area contributed by atoms with E-state index in [1.54, 1.807) is 7.11 Å². The summed E-state index contributed by atoms with van der Waals surface area (Å²) in [6.07, 6.45) is 5.90. The minimum Gasteiger partial charge on any atom is -0.493 e. The van der Waals surface area contributed by atoms with Crippen LogP contribution in [0.1, 0.15) is 58.4 Å². The van der Waals surface area contributed by atoms with Gasteiger partial charge in [-0.25, -0.2) is 4.99 Å². The third-order valence-electron chi connectivity index (χ3n) is 5.92. The van der Waals surface area contributed by atoms with E-state index in [0.29, 0.717) is 6.54 Å². The minimum atomic E-state index is 0. The second-order valence-electron chi connectivity index (χ2n) is 8.77. The Hall–Kier alpha value is -1.71. The van der Waals surface area contributed by atoms with E-state index in [-0.39, 0.29) is 47.9 Å². The van der Waals surface area contributed by atoms with E-state index >= 15 is 0 Å². The fourth-order valence-corrected chi connectivity index (χ4v) is 4.22. The number of carbonyl (C=O) groups is 1. The predicted octanol–water partition coefficient (Wildman–Crippen LogP) is 3.95. The maximum absolute atomic E-state index is 12.3. The van der Waals surface area contributed by atoms with Crippen molar-refractivity contribution in [2.24, 2.45) is 10.9 Å². The molecule has 7 nitrogen and oxygen atoms in total. The van der Waals surface area contributed by atoms with Gasteiger partial charge >= 0.3 is 0 Å². The second kappa shape index (κ2) is 13.1. The van der Waals surface area contributed by atoms with Gasteiger partial charge in [-0.3, -0.25) is 4.79 Å². The highest BCUT2D eigenvalue weighted by molar-refractivity contribution is 14.0. The lowest BCUT2D eigenvalue weighted by Gasteiger charge is -2.20. The average molecular weight is 559 g/mol. The molecular formula is C24H39IN4O3. The van der Waals surface area contributed by atoms with E-state index in [2.05, 4.69) is 17.6 Å². The van der Waals surface area contributed by atoms with Gasteiger partial charge in [-0.05, 0) is 56.7 Å². The van der Waals surface area contributed by atoms with Crippen LogP contribution in [0.2, 0.25) is 0 Å². The van der Waals surface area contributed by atoms with Crippen molar-refractivity contribution in [3.63, 3.8) is 0 Å². The highest BCUT2D eigenvalue weighted by Crippen LogP contribution is 2.32. The van der Waals surface area contributed by atoms with Crippen molar-refractivity contribution in [3.8, 4) is 11.5 Å². The standard InChI is InChI=1S/C24H38N4O3.HI/c1-5-25-24(27-19-12-13-28(16-19)23(29)17(2)3)26-15-18-10-11-21(30-4)22(14-18)31-20-8-6-7-9-20;/h10-11,14,17,19-20H,5-9,12-13,15-16H2,1-4H3,(H2,25,26,27);1H. The molecule has 1 heterocycles. The third-order valence-corrected chi connectivity index (χ3v) is 5.92. The lowest BCUT2D eigenvalue weighted by atomic mass is 10.2. The average Bonchev–Trinajstić information content (AvgIpc) is 3.44. The van der Waals surface area contributed by atoms with Crippen molar-refractivity contribution in [2.45, 2.75) is 71.6 Å². The largest absolute Gasteiger partial charge is 0.493 e. The summed E-state index contributed by atoms with van der Waals surface area (Å²) in [6.45, 7) is 8.81. The number of carbonyl (C=O) groups excluding carboxylic acids is 1. The maximum atomic E-state index is 12.3. The number of nitrogens with zero attached hydrogens (tertiary/aromatic N) is 2. The number of benzene rings is 1. The van der Waals surface area contributed by atoms with Crippen molar-refractivity contribution in [2.75, 3.05) is 26.7 Å². The molecule has 1 aliphatic carbocycles. The number of likely N-dealkylation sites (tertiary alicyclic amines) is 1. The summed E-state index contributed by atoms with van der Waals surface area (Å²) in [7, 11) is 1.68. The number of aliphatic imine (C=N–C) groups is 1. The molecule has 3 rings (SSSR count). The number of nitrogens with one attached hydrogen (secondary N) is 2. The zero-order valence-electron chi connectivity index (χ0n) is 19.9. The number of methoxy groups -OCH3 is 1. The molecule has 1 unspecified atom stereocenters. The molecular weight excluding hydrogens is 519 g/mol. The molecule has 1 aromatic carbocycles. The van der Waals surface area contributed by atoms with Crippen LogP contribution in [0, 0.1) is 5.92 Å². The number of hydrogen-bond donors (Lipinski definition) is 2. The first kappa shape index (κ1) is 26.5. The molecule has 0 radical (unpaired) electrons. The van der Waals surface area contributed by atoms with Gasteiger partial charge in [-0.1, -0.05) is 19.9 Å². The summed E-state index contributed by atoms with van der Waals surface area (Å²) >= 11 is 0. The fraction of sp³-hybridized carbons (Fsp3) is 0.667. The summed E-state index contributed by atoms with van der Waals surface area (Å²) in [4.78, 5) is 19.0. The van der Waals surface area contributed by atoms with Crippen LogP contribution >= 0.6 is 24.0 Å². The summed E-state index contributed by atoms with van der Waals surface area (Å²) < 4.78 is 11.7. The zero-order valence-corrected chi connectivity index (χ0v) is 22.2. The van der Waals surface area contributed by atoms with Gasteiger partial charge in [0, 0.05) is 31.6 Å². The summed E-state index contributed by atoms with van der Waals surface area (Å²) in [5.41, 5.74) is 1.08. The van der Waals surface area contributed by atoms with E-state index in [4.69, 9.17) is 14.5 Å². The molecule has 1 amide bonds. The molecule has 1 saturated heterocycles. The van der Waals surface area contributed by atoms with Gasteiger partial charge in [0.05, 0.1) is 19.8 Å². The van der Waals surface area contributed by atoms with Gasteiger partial charge in [-0.2, -0.15) is 0 Å². The van der Waals surface area contributed by atoms with Crippen LogP contribution in [0.15, 0.2) is 23.2 Å². The number of halogens is 1. The normalized spacial score (nSPS) is 19.1. The summed E-state index contributed by atoms with van der Waals surface area (Å²) in [6, 6.07) is 6.26. The molecule has 2 N–H and O–H groups in total. The Labute approximate surface area is 209 Å². The molecule has 180 valence electrons. The van der Waals surface area contributed by atoms with Gasteiger partial charge in [0.1, 0.15) is 0 Å². The topological polar surface area (TPSA) is 75.2 Å². The Bertz CT molecular complexity index is 766. The van der Waals surface area contributed by atoms with Crippen molar-refractivity contribution >= 4 is 35.8 Å². The molecule has 0 bridgehead atoms. The Morgan fingerprint density at radius 3 is 2.62 bits per heavy atom. The van der Waals surface area contributed by atoms with Crippen molar-refractivity contribution in [3.05, 3.63) is 23.8 Å². The van der Waals surface area contributed by atoms with Gasteiger partial charge in [0.15, 0.2) is 17.5 Å².